The summed E-state index contributed by atoms with van der Waals surface area (Å²) in [5.74, 6) is 0.657. The Morgan fingerprint density at radius 2 is 2.06 bits per heavy atom. The maximum absolute atomic E-state index is 5.82. The minimum absolute atomic E-state index is 0.204. The second kappa shape index (κ2) is 5.64. The van der Waals surface area contributed by atoms with Gasteiger partial charge in [-0.1, -0.05) is 0 Å². The highest BCUT2D eigenvalue weighted by Gasteiger charge is 2.08. The Labute approximate surface area is 111 Å². The Morgan fingerprint density at radius 1 is 1.33 bits per heavy atom. The fourth-order valence-electron chi connectivity index (χ4n) is 1.62. The summed E-state index contributed by atoms with van der Waals surface area (Å²) in [5.41, 5.74) is 7.57. The Morgan fingerprint density at radius 3 is 2.78 bits per heavy atom. The fourth-order valence-corrected chi connectivity index (χ4v) is 1.75. The van der Waals surface area contributed by atoms with E-state index in [1.807, 2.05) is 24.1 Å². The van der Waals surface area contributed by atoms with Crippen LogP contribution in [0.25, 0.3) is 0 Å². The number of nitrogens with zero attached hydrogens (tertiary/aromatic N) is 4. The molecule has 18 heavy (non-hydrogen) atoms. The molecule has 0 bridgehead atoms. The van der Waals surface area contributed by atoms with Crippen LogP contribution in [-0.4, -0.2) is 28.5 Å². The first kappa shape index (κ1) is 12.6. The van der Waals surface area contributed by atoms with Gasteiger partial charge >= 0.3 is 0 Å². The summed E-state index contributed by atoms with van der Waals surface area (Å²) in [6, 6.07) is 3.98. The molecule has 0 aliphatic heterocycles. The van der Waals surface area contributed by atoms with Gasteiger partial charge in [-0.2, -0.15) is 4.98 Å². The molecule has 0 unspecified atom stereocenters. The molecule has 0 spiro atoms. The van der Waals surface area contributed by atoms with Crippen LogP contribution in [0, 0.1) is 0 Å². The van der Waals surface area contributed by atoms with Crippen molar-refractivity contribution in [3.63, 3.8) is 0 Å². The van der Waals surface area contributed by atoms with Gasteiger partial charge in [0.1, 0.15) is 0 Å². The number of halogens is 1. The lowest BCUT2D eigenvalue weighted by Gasteiger charge is -2.19. The molecule has 0 aromatic carbocycles. The number of nitrogens with two attached hydrogens (primary N) is 1. The number of hydrogen-bond donors (Lipinski definition) is 1. The highest BCUT2D eigenvalue weighted by atomic mass is 35.5. The number of hydrogen-bond acceptors (Lipinski definition) is 5. The maximum atomic E-state index is 5.82. The smallest absolute Gasteiger partial charge is 0.224 e. The predicted molar refractivity (Wildman–Crippen MR) is 72.7 cm³/mol. The molecular formula is C12H14ClN5. The highest BCUT2D eigenvalue weighted by molar-refractivity contribution is 6.28. The molecule has 0 fully saturated rings. The van der Waals surface area contributed by atoms with Gasteiger partial charge in [-0.25, -0.2) is 4.98 Å². The van der Waals surface area contributed by atoms with Crippen LogP contribution in [0.15, 0.2) is 30.7 Å². The molecule has 94 valence electrons. The SMILES string of the molecule is CN(CCc1ccncc1)c1nc(Cl)ncc1N. The standard InChI is InChI=1S/C12H14ClN5/c1-18(7-4-9-2-5-15-6-3-9)11-10(14)8-16-12(13)17-11/h2-3,5-6,8H,4,7,14H2,1H3. The summed E-state index contributed by atoms with van der Waals surface area (Å²) >= 11 is 5.77. The van der Waals surface area contributed by atoms with Crippen molar-refractivity contribution in [1.29, 1.82) is 0 Å². The molecule has 2 N–H and O–H groups in total. The first-order chi connectivity index (χ1) is 8.66. The predicted octanol–water partition coefficient (Wildman–Crippen LogP) is 1.79. The molecule has 0 amide bonds. The van der Waals surface area contributed by atoms with E-state index in [2.05, 4.69) is 15.0 Å². The molecule has 2 aromatic heterocycles. The van der Waals surface area contributed by atoms with Crippen LogP contribution in [0.2, 0.25) is 5.28 Å². The van der Waals surface area contributed by atoms with Crippen molar-refractivity contribution in [2.75, 3.05) is 24.2 Å². The molecule has 0 atom stereocenters. The second-order valence-corrected chi connectivity index (χ2v) is 4.28. The van der Waals surface area contributed by atoms with Gasteiger partial charge in [-0.05, 0) is 35.7 Å². The van der Waals surface area contributed by atoms with E-state index in [9.17, 15) is 0 Å². The Balaban J connectivity index is 2.03. The molecule has 0 saturated carbocycles. The second-order valence-electron chi connectivity index (χ2n) is 3.94. The first-order valence-corrected chi connectivity index (χ1v) is 5.92. The Bertz CT molecular complexity index is 517. The zero-order valence-electron chi connectivity index (χ0n) is 10.0. The molecule has 0 aliphatic rings. The third kappa shape index (κ3) is 3.07. The van der Waals surface area contributed by atoms with Crippen molar-refractivity contribution in [3.05, 3.63) is 41.6 Å². The summed E-state index contributed by atoms with van der Waals surface area (Å²) in [6.07, 6.45) is 5.98. The molecule has 2 heterocycles. The van der Waals surface area contributed by atoms with E-state index in [4.69, 9.17) is 17.3 Å². The van der Waals surface area contributed by atoms with Gasteiger partial charge < -0.3 is 10.6 Å². The largest absolute Gasteiger partial charge is 0.394 e. The lowest BCUT2D eigenvalue weighted by molar-refractivity contribution is 0.856. The number of likely N-dealkylation sites (N-methyl/N-ethyl adjacent to an activating group) is 1. The van der Waals surface area contributed by atoms with Crippen LogP contribution in [0.5, 0.6) is 0 Å². The average Bonchev–Trinajstić information content (AvgIpc) is 2.40. The molecule has 5 nitrogen and oxygen atoms in total. The van der Waals surface area contributed by atoms with Gasteiger partial charge in [0.05, 0.1) is 11.9 Å². The highest BCUT2D eigenvalue weighted by Crippen LogP contribution is 2.19. The van der Waals surface area contributed by atoms with Crippen molar-refractivity contribution in [2.24, 2.45) is 0 Å². The number of rotatable bonds is 4. The molecule has 6 heteroatoms. The van der Waals surface area contributed by atoms with E-state index in [0.29, 0.717) is 11.5 Å². The van der Waals surface area contributed by atoms with Crippen LogP contribution in [-0.2, 0) is 6.42 Å². The van der Waals surface area contributed by atoms with Gasteiger partial charge in [-0.15, -0.1) is 0 Å². The van der Waals surface area contributed by atoms with E-state index in [-0.39, 0.29) is 5.28 Å². The van der Waals surface area contributed by atoms with Crippen LogP contribution in [0.3, 0.4) is 0 Å². The van der Waals surface area contributed by atoms with Crippen LogP contribution >= 0.6 is 11.6 Å². The quantitative estimate of drug-likeness (QED) is 0.852. The van der Waals surface area contributed by atoms with E-state index in [0.717, 1.165) is 13.0 Å². The summed E-state index contributed by atoms with van der Waals surface area (Å²) in [5, 5.41) is 0.204. The number of pyridine rings is 1. The first-order valence-electron chi connectivity index (χ1n) is 5.55. The van der Waals surface area contributed by atoms with Crippen molar-refractivity contribution < 1.29 is 0 Å². The maximum Gasteiger partial charge on any atom is 0.224 e. The monoisotopic (exact) mass is 263 g/mol. The van der Waals surface area contributed by atoms with Gasteiger partial charge in [0, 0.05) is 26.0 Å². The van der Waals surface area contributed by atoms with E-state index in [1.54, 1.807) is 12.4 Å². The van der Waals surface area contributed by atoms with Gasteiger partial charge in [0.25, 0.3) is 0 Å². The Hall–Kier alpha value is -1.88. The number of nitrogen functional groups attached to an aromatic ring is 1. The van der Waals surface area contributed by atoms with Gasteiger partial charge in [-0.3, -0.25) is 4.98 Å². The summed E-state index contributed by atoms with van der Waals surface area (Å²) < 4.78 is 0. The third-order valence-electron chi connectivity index (χ3n) is 2.61. The summed E-state index contributed by atoms with van der Waals surface area (Å²) in [4.78, 5) is 13.9. The molecule has 2 rings (SSSR count). The summed E-state index contributed by atoms with van der Waals surface area (Å²) in [6.45, 7) is 0.793. The van der Waals surface area contributed by atoms with E-state index in [1.165, 1.54) is 11.8 Å². The Kier molecular flexibility index (Phi) is 3.94. The van der Waals surface area contributed by atoms with Crippen molar-refractivity contribution >= 4 is 23.1 Å². The van der Waals surface area contributed by atoms with Crippen molar-refractivity contribution in [3.8, 4) is 0 Å². The average molecular weight is 264 g/mol. The van der Waals surface area contributed by atoms with Crippen LogP contribution in [0.4, 0.5) is 11.5 Å². The zero-order valence-corrected chi connectivity index (χ0v) is 10.8. The minimum Gasteiger partial charge on any atom is -0.394 e. The molecule has 0 aliphatic carbocycles. The van der Waals surface area contributed by atoms with Crippen LogP contribution < -0.4 is 10.6 Å². The molecule has 0 radical (unpaired) electrons. The molecule has 2 aromatic rings. The number of anilines is 2. The van der Waals surface area contributed by atoms with E-state index < -0.39 is 0 Å². The third-order valence-corrected chi connectivity index (χ3v) is 2.80. The van der Waals surface area contributed by atoms with Gasteiger partial charge in [0.2, 0.25) is 5.28 Å². The molecular weight excluding hydrogens is 250 g/mol. The van der Waals surface area contributed by atoms with E-state index >= 15 is 0 Å². The zero-order chi connectivity index (χ0) is 13.0. The van der Waals surface area contributed by atoms with Gasteiger partial charge in [0.15, 0.2) is 5.82 Å². The fraction of sp³-hybridized carbons (Fsp3) is 0.250. The summed E-state index contributed by atoms with van der Waals surface area (Å²) in [7, 11) is 1.93. The number of aromatic nitrogens is 3. The van der Waals surface area contributed by atoms with Crippen molar-refractivity contribution in [1.82, 2.24) is 15.0 Å². The van der Waals surface area contributed by atoms with Crippen LogP contribution in [0.1, 0.15) is 5.56 Å². The molecule has 0 saturated heterocycles. The topological polar surface area (TPSA) is 67.9 Å². The van der Waals surface area contributed by atoms with Crippen molar-refractivity contribution in [2.45, 2.75) is 6.42 Å². The lowest BCUT2D eigenvalue weighted by Crippen LogP contribution is -2.22. The minimum atomic E-state index is 0.204. The lowest BCUT2D eigenvalue weighted by atomic mass is 10.2. The normalized spacial score (nSPS) is 10.3.